The van der Waals surface area contributed by atoms with Gasteiger partial charge in [0.25, 0.3) is 0 Å². The van der Waals surface area contributed by atoms with Crippen LogP contribution < -0.4 is 4.90 Å². The largest absolute Gasteiger partial charge is 0.373 e. The first kappa shape index (κ1) is 23.0. The van der Waals surface area contributed by atoms with E-state index in [9.17, 15) is 14.0 Å². The van der Waals surface area contributed by atoms with Crippen LogP contribution in [0.2, 0.25) is 0 Å². The molecule has 2 heterocycles. The van der Waals surface area contributed by atoms with Gasteiger partial charge in [0, 0.05) is 25.7 Å². The van der Waals surface area contributed by atoms with Gasteiger partial charge < -0.3 is 14.5 Å². The Bertz CT molecular complexity index is 1030. The summed E-state index contributed by atoms with van der Waals surface area (Å²) in [5.74, 6) is -0.0742. The third-order valence-electron chi connectivity index (χ3n) is 8.15. The number of amides is 2. The van der Waals surface area contributed by atoms with Crippen LogP contribution in [-0.4, -0.2) is 48.1 Å². The molecule has 2 aromatic carbocycles. The maximum Gasteiger partial charge on any atom is 0.233 e. The number of anilines is 1. The van der Waals surface area contributed by atoms with Crippen LogP contribution in [0.25, 0.3) is 0 Å². The second kappa shape index (κ2) is 9.14. The molecular weight excluding hydrogens is 431 g/mol. The van der Waals surface area contributed by atoms with Crippen LogP contribution in [0.3, 0.4) is 0 Å². The van der Waals surface area contributed by atoms with E-state index < -0.39 is 5.41 Å². The maximum atomic E-state index is 13.8. The average Bonchev–Trinajstić information content (AvgIpc) is 3.49. The molecule has 180 valence electrons. The molecule has 2 aliphatic heterocycles. The van der Waals surface area contributed by atoms with Gasteiger partial charge in [-0.25, -0.2) is 4.39 Å². The summed E-state index contributed by atoms with van der Waals surface area (Å²) in [6, 6.07) is 16.3. The van der Waals surface area contributed by atoms with Crippen LogP contribution in [0.5, 0.6) is 0 Å². The van der Waals surface area contributed by atoms with Crippen molar-refractivity contribution in [3.05, 3.63) is 66.0 Å². The first-order valence-corrected chi connectivity index (χ1v) is 12.5. The van der Waals surface area contributed by atoms with Crippen LogP contribution >= 0.6 is 0 Å². The molecule has 0 unspecified atom stereocenters. The summed E-state index contributed by atoms with van der Waals surface area (Å²) in [5.41, 5.74) is 1.02. The second-order valence-corrected chi connectivity index (χ2v) is 10.2. The molecule has 1 aliphatic carbocycles. The van der Waals surface area contributed by atoms with Crippen molar-refractivity contribution in [2.75, 3.05) is 24.6 Å². The Morgan fingerprint density at radius 3 is 2.24 bits per heavy atom. The Balaban J connectivity index is 1.28. The van der Waals surface area contributed by atoms with Gasteiger partial charge in [-0.2, -0.15) is 0 Å². The quantitative estimate of drug-likeness (QED) is 0.651. The number of ether oxygens (including phenoxy) is 1. The van der Waals surface area contributed by atoms with E-state index in [-0.39, 0.29) is 29.3 Å². The average molecular weight is 465 g/mol. The van der Waals surface area contributed by atoms with Crippen molar-refractivity contribution in [1.82, 2.24) is 4.90 Å². The summed E-state index contributed by atoms with van der Waals surface area (Å²) in [4.78, 5) is 30.1. The molecular formula is C28H33FN2O3. The molecule has 1 saturated carbocycles. The van der Waals surface area contributed by atoms with Crippen molar-refractivity contribution in [1.29, 1.82) is 0 Å². The molecule has 2 aromatic rings. The van der Waals surface area contributed by atoms with Crippen LogP contribution in [0.1, 0.15) is 57.4 Å². The van der Waals surface area contributed by atoms with Crippen LogP contribution in [-0.2, 0) is 19.7 Å². The van der Waals surface area contributed by atoms with E-state index in [1.165, 1.54) is 12.1 Å². The highest BCUT2D eigenvalue weighted by atomic mass is 19.1. The number of para-hydroxylation sites is 1. The van der Waals surface area contributed by atoms with Gasteiger partial charge in [-0.3, -0.25) is 9.59 Å². The normalized spacial score (nSPS) is 23.2. The Morgan fingerprint density at radius 2 is 1.62 bits per heavy atom. The fourth-order valence-electron chi connectivity index (χ4n) is 6.37. The van der Waals surface area contributed by atoms with Gasteiger partial charge in [0.1, 0.15) is 5.82 Å². The first-order chi connectivity index (χ1) is 16.4. The van der Waals surface area contributed by atoms with Crippen LogP contribution in [0.15, 0.2) is 54.6 Å². The Labute approximate surface area is 200 Å². The molecule has 0 bridgehead atoms. The molecule has 0 N–H and O–H groups in total. The molecule has 2 saturated heterocycles. The summed E-state index contributed by atoms with van der Waals surface area (Å²) >= 11 is 0. The predicted molar refractivity (Wildman–Crippen MR) is 129 cm³/mol. The number of carbonyl (C=O) groups excluding carboxylic acids is 2. The molecule has 0 aromatic heterocycles. The van der Waals surface area contributed by atoms with E-state index in [1.807, 2.05) is 40.1 Å². The Hall–Kier alpha value is -2.73. The minimum absolute atomic E-state index is 0.00235. The molecule has 6 heteroatoms. The first-order valence-electron chi connectivity index (χ1n) is 12.5. The smallest absolute Gasteiger partial charge is 0.233 e. The fraction of sp³-hybridized carbons (Fsp3) is 0.500. The van der Waals surface area contributed by atoms with E-state index in [2.05, 4.69) is 0 Å². The third kappa shape index (κ3) is 4.13. The highest BCUT2D eigenvalue weighted by Gasteiger charge is 2.49. The topological polar surface area (TPSA) is 49.9 Å². The van der Waals surface area contributed by atoms with Crippen LogP contribution in [0, 0.1) is 5.82 Å². The molecule has 1 spiro atoms. The summed E-state index contributed by atoms with van der Waals surface area (Å²) in [5, 5.41) is 0. The Kier molecular flexibility index (Phi) is 6.19. The van der Waals surface area contributed by atoms with Crippen molar-refractivity contribution in [2.45, 2.75) is 68.9 Å². The predicted octanol–water partition coefficient (Wildman–Crippen LogP) is 4.84. The number of piperidine rings is 1. The molecule has 5 nitrogen and oxygen atoms in total. The zero-order valence-electron chi connectivity index (χ0n) is 19.8. The summed E-state index contributed by atoms with van der Waals surface area (Å²) in [7, 11) is 0. The van der Waals surface area contributed by atoms with E-state index in [4.69, 9.17) is 4.74 Å². The number of rotatable bonds is 4. The molecule has 0 radical (unpaired) electrons. The molecule has 3 fully saturated rings. The van der Waals surface area contributed by atoms with Crippen molar-refractivity contribution in [2.24, 2.45) is 0 Å². The number of hydrogen-bond donors (Lipinski definition) is 0. The SMILES string of the molecule is CC(=O)N(c1ccccc1)[C@H]1COC2(CCN(C(=O)C3(c4ccc(F)cc4)CCCC3)CC2)C1. The standard InChI is InChI=1S/C28H33FN2O3/c1-21(32)31(24-7-3-2-4-8-24)25-19-27(34-20-25)15-17-30(18-16-27)26(33)28(13-5-6-14-28)22-9-11-23(29)12-10-22/h2-4,7-12,25H,5-6,13-20H2,1H3/t25-/m1/s1. The minimum Gasteiger partial charge on any atom is -0.373 e. The lowest BCUT2D eigenvalue weighted by Crippen LogP contribution is -2.52. The lowest BCUT2D eigenvalue weighted by atomic mass is 9.76. The van der Waals surface area contributed by atoms with Crippen molar-refractivity contribution < 1.29 is 18.7 Å². The van der Waals surface area contributed by atoms with Crippen molar-refractivity contribution in [3.63, 3.8) is 0 Å². The van der Waals surface area contributed by atoms with E-state index >= 15 is 0 Å². The van der Waals surface area contributed by atoms with Gasteiger partial charge in [-0.1, -0.05) is 43.2 Å². The highest BCUT2D eigenvalue weighted by molar-refractivity contribution is 5.92. The van der Waals surface area contributed by atoms with Gasteiger partial charge in [-0.15, -0.1) is 0 Å². The number of hydrogen-bond acceptors (Lipinski definition) is 3. The van der Waals surface area contributed by atoms with E-state index in [0.29, 0.717) is 19.7 Å². The number of benzene rings is 2. The monoisotopic (exact) mass is 464 g/mol. The van der Waals surface area contributed by atoms with Crippen molar-refractivity contribution in [3.8, 4) is 0 Å². The number of halogens is 1. The van der Waals surface area contributed by atoms with Gasteiger partial charge in [-0.05, 0) is 61.9 Å². The third-order valence-corrected chi connectivity index (χ3v) is 8.15. The lowest BCUT2D eigenvalue weighted by Gasteiger charge is -2.42. The summed E-state index contributed by atoms with van der Waals surface area (Å²) in [6.07, 6.45) is 6.01. The van der Waals surface area contributed by atoms with E-state index in [1.54, 1.807) is 19.1 Å². The summed E-state index contributed by atoms with van der Waals surface area (Å²) in [6.45, 7) is 3.43. The van der Waals surface area contributed by atoms with Crippen molar-refractivity contribution >= 4 is 17.5 Å². The molecule has 1 atom stereocenters. The molecule has 5 rings (SSSR count). The van der Waals surface area contributed by atoms with Gasteiger partial charge in [0.2, 0.25) is 11.8 Å². The second-order valence-electron chi connectivity index (χ2n) is 10.2. The molecule has 3 aliphatic rings. The fourth-order valence-corrected chi connectivity index (χ4v) is 6.37. The van der Waals surface area contributed by atoms with Gasteiger partial charge >= 0.3 is 0 Å². The zero-order valence-corrected chi connectivity index (χ0v) is 19.8. The number of likely N-dealkylation sites (tertiary alicyclic amines) is 1. The van der Waals surface area contributed by atoms with Gasteiger partial charge in [0.15, 0.2) is 0 Å². The number of carbonyl (C=O) groups is 2. The van der Waals surface area contributed by atoms with E-state index in [0.717, 1.165) is 56.2 Å². The maximum absolute atomic E-state index is 13.8. The van der Waals surface area contributed by atoms with Crippen LogP contribution in [0.4, 0.5) is 10.1 Å². The lowest BCUT2D eigenvalue weighted by molar-refractivity contribution is -0.142. The zero-order chi connectivity index (χ0) is 23.8. The minimum atomic E-state index is -0.532. The molecule has 2 amide bonds. The molecule has 34 heavy (non-hydrogen) atoms. The Morgan fingerprint density at radius 1 is 0.971 bits per heavy atom. The van der Waals surface area contributed by atoms with Gasteiger partial charge in [0.05, 0.1) is 23.7 Å². The number of nitrogens with zero attached hydrogens (tertiary/aromatic N) is 2. The highest BCUT2D eigenvalue weighted by Crippen LogP contribution is 2.45. The summed E-state index contributed by atoms with van der Waals surface area (Å²) < 4.78 is 19.9.